The minimum absolute atomic E-state index is 0. The first-order chi connectivity index (χ1) is 19.3. The number of aliphatic carboxylic acids is 1. The van der Waals surface area contributed by atoms with Crippen LogP contribution in [0.4, 0.5) is 0 Å². The number of carbonyl (C=O) groups excluding carboxylic acids is 1. The minimum atomic E-state index is -0.833. The second-order valence-corrected chi connectivity index (χ2v) is 17.2. The molecule has 6 nitrogen and oxygen atoms in total. The molecule has 0 amide bonds. The lowest BCUT2D eigenvalue weighted by Crippen LogP contribution is -2.55. The maximum absolute atomic E-state index is 11.3. The zero-order valence-electron chi connectivity index (χ0n) is 28.6. The third-order valence-electron chi connectivity index (χ3n) is 13.4. The van der Waals surface area contributed by atoms with Gasteiger partial charge in [0.1, 0.15) is 0 Å². The van der Waals surface area contributed by atoms with E-state index in [0.29, 0.717) is 27.6 Å². The van der Waals surface area contributed by atoms with E-state index in [-0.39, 0.29) is 24.9 Å². The number of ether oxygens (including phenoxy) is 3. The van der Waals surface area contributed by atoms with Crippen LogP contribution in [-0.4, -0.2) is 41.1 Å². The predicted molar refractivity (Wildman–Crippen MR) is 168 cm³/mol. The van der Waals surface area contributed by atoms with Gasteiger partial charge in [-0.05, 0) is 117 Å². The van der Waals surface area contributed by atoms with Crippen LogP contribution >= 0.6 is 0 Å². The number of carboxylic acids is 1. The van der Waals surface area contributed by atoms with Crippen LogP contribution in [0, 0.1) is 45.3 Å². The van der Waals surface area contributed by atoms with Gasteiger partial charge in [-0.15, -0.1) is 0 Å². The first-order valence-corrected chi connectivity index (χ1v) is 17.0. The van der Waals surface area contributed by atoms with Gasteiger partial charge in [0, 0.05) is 28.3 Å². The summed E-state index contributed by atoms with van der Waals surface area (Å²) in [6.07, 6.45) is 15.1. The van der Waals surface area contributed by atoms with Gasteiger partial charge in [0.2, 0.25) is 6.29 Å². The van der Waals surface area contributed by atoms with Crippen molar-refractivity contribution >= 4 is 11.9 Å². The molecule has 6 aliphatic rings. The predicted octanol–water partition coefficient (Wildman–Crippen LogP) is 9.04. The minimum Gasteiger partial charge on any atom is -0.481 e. The van der Waals surface area contributed by atoms with Crippen LogP contribution in [0.2, 0.25) is 0 Å². The molecule has 2 heterocycles. The Morgan fingerprint density at radius 3 is 1.67 bits per heavy atom. The first kappa shape index (κ1) is 33.7. The molecule has 244 valence electrons. The van der Waals surface area contributed by atoms with E-state index in [4.69, 9.17) is 24.1 Å². The molecule has 0 radical (unpaired) electrons. The Labute approximate surface area is 257 Å². The van der Waals surface area contributed by atoms with Crippen molar-refractivity contribution in [1.82, 2.24) is 0 Å². The summed E-state index contributed by atoms with van der Waals surface area (Å²) in [6.45, 7) is 23.1. The zero-order valence-corrected chi connectivity index (χ0v) is 28.6. The summed E-state index contributed by atoms with van der Waals surface area (Å²) >= 11 is 0. The Morgan fingerprint density at radius 2 is 1.17 bits per heavy atom. The Bertz CT molecular complexity index is 1000. The van der Waals surface area contributed by atoms with Crippen LogP contribution in [0.25, 0.3) is 0 Å². The van der Waals surface area contributed by atoms with E-state index in [2.05, 4.69) is 55.4 Å². The maximum Gasteiger partial charge on any atom is 0.304 e. The molecule has 0 aromatic rings. The van der Waals surface area contributed by atoms with Gasteiger partial charge in [0.25, 0.3) is 5.97 Å². The SMILES string of the molecule is CC(=O)O.CC(=O)OC1C[C@H]2[C@@](C)(CCC3C(C)(C)CCC[C@@]32C)O1.CC1(C)CCC[C@@]2(C)C1CC[C@@]1(C)OCC[C@@H]12.[HH]. The topological polar surface area (TPSA) is 82.1 Å². The molecule has 2 aliphatic heterocycles. The van der Waals surface area contributed by atoms with Crippen molar-refractivity contribution in [3.05, 3.63) is 0 Å². The highest BCUT2D eigenvalue weighted by Gasteiger charge is 2.63. The molecule has 0 aromatic carbocycles. The van der Waals surface area contributed by atoms with Crippen molar-refractivity contribution in [2.24, 2.45) is 45.3 Å². The first-order valence-electron chi connectivity index (χ1n) is 17.0. The molecular weight excluding hydrogens is 528 g/mol. The summed E-state index contributed by atoms with van der Waals surface area (Å²) in [7, 11) is 0. The number of hydrogen-bond donors (Lipinski definition) is 1. The van der Waals surface area contributed by atoms with Crippen LogP contribution in [0.1, 0.15) is 148 Å². The summed E-state index contributed by atoms with van der Waals surface area (Å²) in [5.41, 5.74) is 1.94. The lowest BCUT2D eigenvalue weighted by Gasteiger charge is -2.60. The van der Waals surface area contributed by atoms with Crippen LogP contribution < -0.4 is 0 Å². The molecule has 1 N–H and O–H groups in total. The Balaban J connectivity index is 0.000000208. The van der Waals surface area contributed by atoms with Gasteiger partial charge in [-0.1, -0.05) is 54.4 Å². The van der Waals surface area contributed by atoms with Crippen molar-refractivity contribution in [2.45, 2.75) is 164 Å². The lowest BCUT2D eigenvalue weighted by molar-refractivity contribution is -0.199. The fourth-order valence-corrected chi connectivity index (χ4v) is 11.9. The second kappa shape index (κ2) is 11.7. The van der Waals surface area contributed by atoms with Gasteiger partial charge in [0.05, 0.1) is 11.2 Å². The molecule has 2 saturated heterocycles. The summed E-state index contributed by atoms with van der Waals surface area (Å²) in [5, 5.41) is 7.42. The van der Waals surface area contributed by atoms with E-state index in [9.17, 15) is 4.79 Å². The third kappa shape index (κ3) is 6.19. The Hall–Kier alpha value is -1.14. The number of carboxylic acid groups (broad SMARTS) is 1. The molecule has 0 aromatic heterocycles. The molecule has 0 spiro atoms. The largest absolute Gasteiger partial charge is 0.481 e. The number of esters is 1. The number of fused-ring (bicyclic) bond motifs is 6. The van der Waals surface area contributed by atoms with Crippen LogP contribution in [0.3, 0.4) is 0 Å². The molecule has 42 heavy (non-hydrogen) atoms. The number of hydrogen-bond acceptors (Lipinski definition) is 5. The normalized spacial score (nSPS) is 46.2. The van der Waals surface area contributed by atoms with E-state index in [0.717, 1.165) is 44.1 Å². The molecule has 3 unspecified atom stereocenters. The Morgan fingerprint density at radius 1 is 0.690 bits per heavy atom. The average molecular weight is 593 g/mol. The lowest BCUT2D eigenvalue weighted by atomic mass is 9.45. The standard InChI is InChI=1S/C18H30O3.C16H28O.C2H4O2.H2/c1-12(19)20-15-11-14-17(4)9-6-8-16(2,3)13(17)7-10-18(14,5)21-15;1-14(2)8-5-9-15(3)12(14)6-10-16(4)13(15)7-11-17-16;1-2(3)4;/h13-15H,6-11H2,1-5H3;12-13H,5-11H2,1-4H3;1H3,(H,3,4);1H/t13?,14-,15?,17+,18-;12?,13-,15+,16-;;/m11../s1. The van der Waals surface area contributed by atoms with E-state index in [1.807, 2.05) is 0 Å². The van der Waals surface area contributed by atoms with Gasteiger partial charge in [-0.25, -0.2) is 0 Å². The van der Waals surface area contributed by atoms with Gasteiger partial charge >= 0.3 is 5.97 Å². The smallest absolute Gasteiger partial charge is 0.304 e. The molecule has 0 bridgehead atoms. The van der Waals surface area contributed by atoms with Gasteiger partial charge < -0.3 is 19.3 Å². The van der Waals surface area contributed by atoms with Crippen molar-refractivity contribution in [3.63, 3.8) is 0 Å². The van der Waals surface area contributed by atoms with Crippen LogP contribution in [0.15, 0.2) is 0 Å². The molecule has 4 saturated carbocycles. The van der Waals surface area contributed by atoms with E-state index in [1.165, 1.54) is 71.1 Å². The molecule has 6 fully saturated rings. The summed E-state index contributed by atoms with van der Waals surface area (Å²) in [4.78, 5) is 20.3. The van der Waals surface area contributed by atoms with Crippen molar-refractivity contribution in [1.29, 1.82) is 0 Å². The van der Waals surface area contributed by atoms with Crippen LogP contribution in [0.5, 0.6) is 0 Å². The highest BCUT2D eigenvalue weighted by Crippen LogP contribution is 2.66. The average Bonchev–Trinajstić information content (AvgIpc) is 3.39. The fraction of sp³-hybridized carbons (Fsp3) is 0.944. The van der Waals surface area contributed by atoms with E-state index in [1.54, 1.807) is 0 Å². The molecule has 6 rings (SSSR count). The molecule has 4 aliphatic carbocycles. The number of carbonyl (C=O) groups is 2. The summed E-state index contributed by atoms with van der Waals surface area (Å²) in [5.74, 6) is 1.94. The van der Waals surface area contributed by atoms with Gasteiger partial charge in [0.15, 0.2) is 0 Å². The van der Waals surface area contributed by atoms with E-state index >= 15 is 0 Å². The molecular formula is C36H64O6. The Kier molecular flexibility index (Phi) is 9.37. The summed E-state index contributed by atoms with van der Waals surface area (Å²) < 4.78 is 17.7. The van der Waals surface area contributed by atoms with Crippen molar-refractivity contribution < 1.29 is 30.3 Å². The quantitative estimate of drug-likeness (QED) is 0.306. The summed E-state index contributed by atoms with van der Waals surface area (Å²) in [6, 6.07) is 0. The highest BCUT2D eigenvalue weighted by atomic mass is 16.7. The molecule has 9 atom stereocenters. The van der Waals surface area contributed by atoms with Gasteiger partial charge in [-0.2, -0.15) is 0 Å². The number of rotatable bonds is 1. The van der Waals surface area contributed by atoms with Crippen molar-refractivity contribution in [3.8, 4) is 0 Å². The monoisotopic (exact) mass is 592 g/mol. The second-order valence-electron chi connectivity index (χ2n) is 17.2. The third-order valence-corrected chi connectivity index (χ3v) is 13.4. The molecule has 6 heteroatoms. The highest BCUT2D eigenvalue weighted by molar-refractivity contribution is 5.66. The van der Waals surface area contributed by atoms with Crippen LogP contribution in [-0.2, 0) is 23.8 Å². The maximum atomic E-state index is 11.3. The van der Waals surface area contributed by atoms with Gasteiger partial charge in [-0.3, -0.25) is 9.59 Å². The van der Waals surface area contributed by atoms with Crippen molar-refractivity contribution in [2.75, 3.05) is 6.61 Å². The zero-order chi connectivity index (χ0) is 31.4. The fourth-order valence-electron chi connectivity index (χ4n) is 11.9. The van der Waals surface area contributed by atoms with E-state index < -0.39 is 5.97 Å².